The molecule has 5 unspecified atom stereocenters. The first-order valence-electron chi connectivity index (χ1n) is 8.33. The van der Waals surface area contributed by atoms with Crippen molar-refractivity contribution in [2.75, 3.05) is 25.2 Å². The average Bonchev–Trinajstić information content (AvgIpc) is 3.19. The number of esters is 1. The molecular weight excluding hydrogens is 413 g/mol. The largest absolute Gasteiger partial charge is 0.469 e. The number of hydrogen-bond acceptors (Lipinski definition) is 11. The fraction of sp³-hybridized carbons (Fsp3) is 0.571. The van der Waals surface area contributed by atoms with E-state index < -0.39 is 30.1 Å². The predicted octanol–water partition coefficient (Wildman–Crippen LogP) is -0.461. The van der Waals surface area contributed by atoms with Crippen LogP contribution in [0.15, 0.2) is 9.95 Å². The number of ether oxygens (including phenoxy) is 2. The number of fused-ring (bicyclic) bond motifs is 2. The summed E-state index contributed by atoms with van der Waals surface area (Å²) >= 11 is 1.21. The third-order valence-electron chi connectivity index (χ3n) is 4.36. The Morgan fingerprint density at radius 1 is 1.54 bits per heavy atom. The van der Waals surface area contributed by atoms with Gasteiger partial charge in [-0.25, -0.2) is 4.98 Å². The molecule has 5 atom stereocenters. The van der Waals surface area contributed by atoms with Crippen molar-refractivity contribution in [3.05, 3.63) is 10.4 Å². The smallest absolute Gasteiger partial charge is 0.306 e. The van der Waals surface area contributed by atoms with E-state index in [1.165, 1.54) is 23.4 Å². The van der Waals surface area contributed by atoms with Gasteiger partial charge < -0.3 is 29.4 Å². The van der Waals surface area contributed by atoms with Crippen LogP contribution < -0.4 is 11.3 Å². The first-order valence-corrected chi connectivity index (χ1v) is 10.1. The first kappa shape index (κ1) is 19.6. The van der Waals surface area contributed by atoms with Crippen molar-refractivity contribution in [2.45, 2.75) is 36.1 Å². The van der Waals surface area contributed by atoms with Gasteiger partial charge in [-0.05, 0) is 0 Å². The van der Waals surface area contributed by atoms with Crippen molar-refractivity contribution in [2.24, 2.45) is 0 Å². The second kappa shape index (κ2) is 7.93. The van der Waals surface area contributed by atoms with Crippen LogP contribution in [0.2, 0.25) is 0 Å². The van der Waals surface area contributed by atoms with Gasteiger partial charge in [-0.3, -0.25) is 19.1 Å². The molecule has 4 rings (SSSR count). The van der Waals surface area contributed by atoms with Crippen molar-refractivity contribution in [1.82, 2.24) is 19.5 Å². The van der Waals surface area contributed by atoms with Crippen LogP contribution in [0.25, 0.3) is 11.2 Å². The lowest BCUT2D eigenvalue weighted by Crippen LogP contribution is -2.37. The van der Waals surface area contributed by atoms with Crippen LogP contribution in [-0.4, -0.2) is 68.4 Å². The Labute approximate surface area is 164 Å². The first-order chi connectivity index (χ1) is 13.5. The highest BCUT2D eigenvalue weighted by Gasteiger charge is 2.48. The minimum absolute atomic E-state index is 0.0551. The number of rotatable bonds is 5. The Kier molecular flexibility index (Phi) is 5.54. The lowest BCUT2D eigenvalue weighted by molar-refractivity contribution is -0.140. The SMILES string of the molecule is COC(=O)CCSc1nc2c(=O)[nH]c(N)nc2n1C1OC2COPOC2C1O. The number of nitrogens with one attached hydrogen (secondary N) is 1. The van der Waals surface area contributed by atoms with Gasteiger partial charge in [0, 0.05) is 5.75 Å². The monoisotopic (exact) mass is 431 g/mol. The number of methoxy groups -OCH3 is 1. The molecule has 0 spiro atoms. The molecule has 152 valence electrons. The summed E-state index contributed by atoms with van der Waals surface area (Å²) in [6, 6.07) is 0. The van der Waals surface area contributed by atoms with Gasteiger partial charge in [0.05, 0.1) is 20.1 Å². The molecule has 28 heavy (non-hydrogen) atoms. The summed E-state index contributed by atoms with van der Waals surface area (Å²) in [5.74, 6) is -0.110. The molecule has 4 heterocycles. The molecule has 2 aromatic rings. The molecule has 0 amide bonds. The Bertz CT molecular complexity index is 952. The van der Waals surface area contributed by atoms with Gasteiger partial charge in [0.2, 0.25) is 5.95 Å². The van der Waals surface area contributed by atoms with E-state index in [9.17, 15) is 14.7 Å². The maximum absolute atomic E-state index is 12.3. The zero-order valence-corrected chi connectivity index (χ0v) is 16.5. The zero-order valence-electron chi connectivity index (χ0n) is 14.7. The number of aromatic nitrogens is 4. The van der Waals surface area contributed by atoms with Crippen LogP contribution in [-0.2, 0) is 23.3 Å². The van der Waals surface area contributed by atoms with Gasteiger partial charge in [0.25, 0.3) is 5.56 Å². The van der Waals surface area contributed by atoms with Crippen molar-refractivity contribution < 1.29 is 28.4 Å². The number of aliphatic hydroxyl groups is 1. The fourth-order valence-corrected chi connectivity index (χ4v) is 4.70. The molecular formula is C14H18N5O7PS. The van der Waals surface area contributed by atoms with Crippen molar-refractivity contribution in [3.8, 4) is 0 Å². The van der Waals surface area contributed by atoms with E-state index in [4.69, 9.17) is 19.5 Å². The van der Waals surface area contributed by atoms with Crippen LogP contribution in [0.5, 0.6) is 0 Å². The number of carbonyl (C=O) groups is 1. The predicted molar refractivity (Wildman–Crippen MR) is 99.0 cm³/mol. The molecule has 0 bridgehead atoms. The third kappa shape index (κ3) is 3.49. The summed E-state index contributed by atoms with van der Waals surface area (Å²) in [6.07, 6.45) is -2.82. The number of H-pyrrole nitrogens is 1. The summed E-state index contributed by atoms with van der Waals surface area (Å²) in [4.78, 5) is 34.5. The Balaban J connectivity index is 1.73. The average molecular weight is 431 g/mol. The molecule has 0 saturated carbocycles. The summed E-state index contributed by atoms with van der Waals surface area (Å²) in [6.45, 7) is 0.282. The molecule has 2 aliphatic rings. The number of anilines is 1. The van der Waals surface area contributed by atoms with Gasteiger partial charge >= 0.3 is 5.97 Å². The van der Waals surface area contributed by atoms with Crippen LogP contribution >= 0.6 is 20.8 Å². The molecule has 0 aliphatic carbocycles. The van der Waals surface area contributed by atoms with E-state index in [2.05, 4.69) is 19.7 Å². The lowest BCUT2D eigenvalue weighted by atomic mass is 10.1. The normalized spacial score (nSPS) is 27.9. The van der Waals surface area contributed by atoms with Gasteiger partial charge in [0.15, 0.2) is 31.6 Å². The fourth-order valence-electron chi connectivity index (χ4n) is 3.06. The van der Waals surface area contributed by atoms with E-state index in [-0.39, 0.29) is 45.1 Å². The summed E-state index contributed by atoms with van der Waals surface area (Å²) < 4.78 is 22.8. The highest BCUT2D eigenvalue weighted by molar-refractivity contribution is 7.99. The maximum Gasteiger partial charge on any atom is 0.306 e. The molecule has 2 fully saturated rings. The quantitative estimate of drug-likeness (QED) is 0.319. The number of nitrogens with zero attached hydrogens (tertiary/aromatic N) is 3. The minimum Gasteiger partial charge on any atom is -0.469 e. The molecule has 2 aromatic heterocycles. The molecule has 2 aliphatic heterocycles. The van der Waals surface area contributed by atoms with E-state index in [0.717, 1.165) is 0 Å². The highest BCUT2D eigenvalue weighted by Crippen LogP contribution is 2.41. The lowest BCUT2D eigenvalue weighted by Gasteiger charge is -2.24. The number of carbonyl (C=O) groups excluding carboxylic acids is 1. The number of imidazole rings is 1. The molecule has 14 heteroatoms. The standard InChI is InChI=1S/C14H18N5O7PS/c1-23-6(20)2-3-28-14-16-7-10(17-13(15)18-11(7)22)19(14)12-8(21)9-5(25-12)4-24-27-26-9/h5,8-9,12,21,27H,2-4H2,1H3,(H3,15,17,18,22). The van der Waals surface area contributed by atoms with E-state index >= 15 is 0 Å². The Morgan fingerprint density at radius 3 is 3.11 bits per heavy atom. The Hall–Kier alpha value is -1.76. The number of aromatic amines is 1. The highest BCUT2D eigenvalue weighted by atomic mass is 32.2. The molecule has 2 saturated heterocycles. The van der Waals surface area contributed by atoms with Crippen molar-refractivity contribution in [1.29, 1.82) is 0 Å². The van der Waals surface area contributed by atoms with E-state index in [0.29, 0.717) is 10.9 Å². The molecule has 0 aromatic carbocycles. The minimum atomic E-state index is -1.03. The summed E-state index contributed by atoms with van der Waals surface area (Å²) in [5, 5.41) is 11.1. The van der Waals surface area contributed by atoms with Crippen molar-refractivity contribution in [3.63, 3.8) is 0 Å². The van der Waals surface area contributed by atoms with Crippen molar-refractivity contribution >= 4 is 43.9 Å². The van der Waals surface area contributed by atoms with Gasteiger partial charge in [-0.1, -0.05) is 11.8 Å². The zero-order chi connectivity index (χ0) is 19.8. The molecule has 0 radical (unpaired) electrons. The second-order valence-corrected chi connectivity index (χ2v) is 7.85. The van der Waals surface area contributed by atoms with Crippen LogP contribution in [0.3, 0.4) is 0 Å². The van der Waals surface area contributed by atoms with Crippen LogP contribution in [0.4, 0.5) is 5.95 Å². The summed E-state index contributed by atoms with van der Waals surface area (Å²) in [5.41, 5.74) is 5.41. The third-order valence-corrected chi connectivity index (χ3v) is 5.96. The summed E-state index contributed by atoms with van der Waals surface area (Å²) in [7, 11) is 1.12. The molecule has 12 nitrogen and oxygen atoms in total. The maximum atomic E-state index is 12.3. The number of nitrogens with two attached hydrogens (primary N) is 1. The van der Waals surface area contributed by atoms with Gasteiger partial charge in [-0.15, -0.1) is 0 Å². The van der Waals surface area contributed by atoms with Gasteiger partial charge in [0.1, 0.15) is 18.3 Å². The van der Waals surface area contributed by atoms with Gasteiger partial charge in [-0.2, -0.15) is 4.98 Å². The Morgan fingerprint density at radius 2 is 2.36 bits per heavy atom. The number of thioether (sulfide) groups is 1. The number of nitrogen functional groups attached to an aromatic ring is 1. The number of hydrogen-bond donors (Lipinski definition) is 3. The number of aliphatic hydroxyl groups excluding tert-OH is 1. The van der Waals surface area contributed by atoms with E-state index in [1.807, 2.05) is 0 Å². The second-order valence-electron chi connectivity index (χ2n) is 6.09. The van der Waals surface area contributed by atoms with E-state index in [1.54, 1.807) is 0 Å². The van der Waals surface area contributed by atoms with Crippen LogP contribution in [0.1, 0.15) is 12.6 Å². The van der Waals surface area contributed by atoms with Crippen LogP contribution in [0, 0.1) is 0 Å². The topological polar surface area (TPSA) is 164 Å². The molecule has 4 N–H and O–H groups in total.